The SMILES string of the molecule is CN1CCSCC1c1nc(Cl)c(I)c(C2CC2)n1. The average Bonchev–Trinajstić information content (AvgIpc) is 3.17. The summed E-state index contributed by atoms with van der Waals surface area (Å²) in [7, 11) is 2.15. The van der Waals surface area contributed by atoms with E-state index < -0.39 is 0 Å². The lowest BCUT2D eigenvalue weighted by Crippen LogP contribution is -2.34. The first-order valence-electron chi connectivity index (χ1n) is 6.17. The maximum Gasteiger partial charge on any atom is 0.148 e. The number of rotatable bonds is 2. The van der Waals surface area contributed by atoms with Crippen molar-refractivity contribution in [3.63, 3.8) is 0 Å². The van der Waals surface area contributed by atoms with Crippen molar-refractivity contribution in [2.24, 2.45) is 0 Å². The van der Waals surface area contributed by atoms with Gasteiger partial charge in [-0.1, -0.05) is 11.6 Å². The number of nitrogens with zero attached hydrogens (tertiary/aromatic N) is 3. The molecule has 18 heavy (non-hydrogen) atoms. The smallest absolute Gasteiger partial charge is 0.148 e. The summed E-state index contributed by atoms with van der Waals surface area (Å²) >= 11 is 10.5. The molecule has 2 fully saturated rings. The van der Waals surface area contributed by atoms with E-state index in [1.165, 1.54) is 24.3 Å². The molecule has 0 N–H and O–H groups in total. The highest BCUT2D eigenvalue weighted by Crippen LogP contribution is 2.42. The molecule has 1 unspecified atom stereocenters. The van der Waals surface area contributed by atoms with Gasteiger partial charge in [-0.25, -0.2) is 9.97 Å². The number of hydrogen-bond acceptors (Lipinski definition) is 4. The van der Waals surface area contributed by atoms with Crippen molar-refractivity contribution in [1.29, 1.82) is 0 Å². The zero-order valence-electron chi connectivity index (χ0n) is 10.2. The Bertz CT molecular complexity index is 467. The molecule has 0 bridgehead atoms. The van der Waals surface area contributed by atoms with E-state index >= 15 is 0 Å². The molecule has 1 aliphatic carbocycles. The van der Waals surface area contributed by atoms with Crippen LogP contribution >= 0.6 is 46.0 Å². The molecule has 2 heterocycles. The van der Waals surface area contributed by atoms with Crippen LogP contribution in [0.4, 0.5) is 0 Å². The minimum absolute atomic E-state index is 0.316. The molecule has 1 aromatic heterocycles. The summed E-state index contributed by atoms with van der Waals surface area (Å²) in [6, 6.07) is 0.316. The predicted molar refractivity (Wildman–Crippen MR) is 84.4 cm³/mol. The Hall–Kier alpha value is 0.410. The second kappa shape index (κ2) is 5.42. The van der Waals surface area contributed by atoms with Crippen LogP contribution in [0.2, 0.25) is 5.15 Å². The maximum atomic E-state index is 6.27. The molecule has 1 saturated heterocycles. The van der Waals surface area contributed by atoms with E-state index in [1.807, 2.05) is 11.8 Å². The molecule has 1 atom stereocenters. The Labute approximate surface area is 130 Å². The van der Waals surface area contributed by atoms with E-state index in [9.17, 15) is 0 Å². The van der Waals surface area contributed by atoms with Gasteiger partial charge in [-0.3, -0.25) is 4.90 Å². The van der Waals surface area contributed by atoms with Crippen molar-refractivity contribution in [3.8, 4) is 0 Å². The molecular weight excluding hydrogens is 381 g/mol. The first kappa shape index (κ1) is 13.4. The van der Waals surface area contributed by atoms with Crippen LogP contribution in [0, 0.1) is 3.57 Å². The maximum absolute atomic E-state index is 6.27. The van der Waals surface area contributed by atoms with Gasteiger partial charge in [0.25, 0.3) is 0 Å². The molecule has 1 aliphatic heterocycles. The van der Waals surface area contributed by atoms with Crippen molar-refractivity contribution in [1.82, 2.24) is 14.9 Å². The van der Waals surface area contributed by atoms with Crippen LogP contribution in [-0.2, 0) is 0 Å². The number of aromatic nitrogens is 2. The number of hydrogen-bond donors (Lipinski definition) is 0. The molecule has 3 rings (SSSR count). The van der Waals surface area contributed by atoms with E-state index in [-0.39, 0.29) is 0 Å². The fraction of sp³-hybridized carbons (Fsp3) is 0.667. The summed E-state index contributed by atoms with van der Waals surface area (Å²) in [5.74, 6) is 3.80. The summed E-state index contributed by atoms with van der Waals surface area (Å²) in [5.41, 5.74) is 1.18. The highest BCUT2D eigenvalue weighted by molar-refractivity contribution is 14.1. The van der Waals surface area contributed by atoms with Gasteiger partial charge in [0.1, 0.15) is 11.0 Å². The number of thioether (sulfide) groups is 1. The summed E-state index contributed by atoms with van der Waals surface area (Å²) in [4.78, 5) is 11.7. The fourth-order valence-corrected chi connectivity index (χ4v) is 4.26. The van der Waals surface area contributed by atoms with E-state index in [1.54, 1.807) is 0 Å². The Morgan fingerprint density at radius 3 is 2.83 bits per heavy atom. The predicted octanol–water partition coefficient (Wildman–Crippen LogP) is 3.33. The largest absolute Gasteiger partial charge is 0.295 e. The lowest BCUT2D eigenvalue weighted by Gasteiger charge is -2.31. The van der Waals surface area contributed by atoms with Gasteiger partial charge >= 0.3 is 0 Å². The summed E-state index contributed by atoms with van der Waals surface area (Å²) in [5, 5.41) is 0.631. The highest BCUT2D eigenvalue weighted by Gasteiger charge is 2.31. The van der Waals surface area contributed by atoms with Gasteiger partial charge in [-0.2, -0.15) is 11.8 Å². The Kier molecular flexibility index (Phi) is 4.03. The van der Waals surface area contributed by atoms with E-state index in [0.717, 1.165) is 21.7 Å². The van der Waals surface area contributed by atoms with E-state index in [0.29, 0.717) is 17.1 Å². The van der Waals surface area contributed by atoms with Crippen molar-refractivity contribution >= 4 is 46.0 Å². The van der Waals surface area contributed by atoms with E-state index in [4.69, 9.17) is 16.6 Å². The third kappa shape index (κ3) is 2.64. The van der Waals surface area contributed by atoms with Crippen LogP contribution in [0.5, 0.6) is 0 Å². The van der Waals surface area contributed by atoms with Gasteiger partial charge < -0.3 is 0 Å². The molecule has 2 aliphatic rings. The van der Waals surface area contributed by atoms with Gasteiger partial charge in [-0.15, -0.1) is 0 Å². The standard InChI is InChI=1S/C12H15ClIN3S/c1-17-4-5-18-6-8(17)12-15-10(7-2-3-7)9(14)11(13)16-12/h7-8H,2-6H2,1H3. The minimum Gasteiger partial charge on any atom is -0.295 e. The third-order valence-corrected chi connectivity index (χ3v) is 6.19. The molecule has 0 aromatic carbocycles. The van der Waals surface area contributed by atoms with Crippen molar-refractivity contribution in [2.75, 3.05) is 25.1 Å². The van der Waals surface area contributed by atoms with Gasteiger partial charge in [0, 0.05) is 24.0 Å². The van der Waals surface area contributed by atoms with Gasteiger partial charge in [-0.05, 0) is 42.5 Å². The van der Waals surface area contributed by atoms with Crippen molar-refractivity contribution in [3.05, 3.63) is 20.2 Å². The molecule has 0 spiro atoms. The Balaban J connectivity index is 1.96. The van der Waals surface area contributed by atoms with Crippen LogP contribution in [0.15, 0.2) is 0 Å². The zero-order valence-corrected chi connectivity index (χ0v) is 13.9. The normalized spacial score (nSPS) is 25.4. The summed E-state index contributed by atoms with van der Waals surface area (Å²) < 4.78 is 1.05. The Morgan fingerprint density at radius 2 is 2.17 bits per heavy atom. The summed E-state index contributed by atoms with van der Waals surface area (Å²) in [6.07, 6.45) is 2.50. The molecule has 3 nitrogen and oxygen atoms in total. The van der Waals surface area contributed by atoms with Crippen molar-refractivity contribution in [2.45, 2.75) is 24.8 Å². The molecular formula is C12H15ClIN3S. The number of halogens is 2. The molecule has 0 radical (unpaired) electrons. The second-order valence-electron chi connectivity index (χ2n) is 4.92. The molecule has 6 heteroatoms. The fourth-order valence-electron chi connectivity index (χ4n) is 2.19. The topological polar surface area (TPSA) is 29.0 Å². The first-order valence-corrected chi connectivity index (χ1v) is 8.78. The Morgan fingerprint density at radius 1 is 1.39 bits per heavy atom. The zero-order chi connectivity index (χ0) is 12.7. The van der Waals surface area contributed by atoms with Gasteiger partial charge in [0.15, 0.2) is 0 Å². The highest BCUT2D eigenvalue weighted by atomic mass is 127. The van der Waals surface area contributed by atoms with Crippen LogP contribution in [-0.4, -0.2) is 40.0 Å². The van der Waals surface area contributed by atoms with Crippen LogP contribution in [0.25, 0.3) is 0 Å². The lowest BCUT2D eigenvalue weighted by molar-refractivity contribution is 0.264. The van der Waals surface area contributed by atoms with Crippen molar-refractivity contribution < 1.29 is 0 Å². The summed E-state index contributed by atoms with van der Waals surface area (Å²) in [6.45, 7) is 1.10. The van der Waals surface area contributed by atoms with Crippen LogP contribution in [0.1, 0.15) is 36.3 Å². The van der Waals surface area contributed by atoms with E-state index in [2.05, 4.69) is 39.5 Å². The average molecular weight is 396 g/mol. The molecule has 98 valence electrons. The van der Waals surface area contributed by atoms with Crippen LogP contribution in [0.3, 0.4) is 0 Å². The monoisotopic (exact) mass is 395 g/mol. The van der Waals surface area contributed by atoms with Gasteiger partial charge in [0.05, 0.1) is 15.3 Å². The first-order chi connectivity index (χ1) is 8.66. The lowest BCUT2D eigenvalue weighted by atomic mass is 10.2. The quantitative estimate of drug-likeness (QED) is 0.567. The van der Waals surface area contributed by atoms with Gasteiger partial charge in [0.2, 0.25) is 0 Å². The molecule has 1 saturated carbocycles. The van der Waals surface area contributed by atoms with Crippen LogP contribution < -0.4 is 0 Å². The molecule has 1 aromatic rings. The third-order valence-electron chi connectivity index (χ3n) is 3.51. The minimum atomic E-state index is 0.316. The molecule has 0 amide bonds. The second-order valence-corrected chi connectivity index (χ2v) is 7.50.